The molecule has 19 nitrogen and oxygen atoms in total. The Bertz CT molecular complexity index is 2440. The number of carbonyl (C=O) groups excluding carboxylic acids is 5. The predicted molar refractivity (Wildman–Crippen MR) is 231 cm³/mol. The summed E-state index contributed by atoms with van der Waals surface area (Å²) in [5.41, 5.74) is -8.00. The van der Waals surface area contributed by atoms with Crippen molar-refractivity contribution in [1.82, 2.24) is 5.32 Å². The van der Waals surface area contributed by atoms with Crippen molar-refractivity contribution in [3.05, 3.63) is 119 Å². The van der Waals surface area contributed by atoms with Gasteiger partial charge in [-0.15, -0.1) is 0 Å². The van der Waals surface area contributed by atoms with E-state index in [2.05, 4.69) is 9.84 Å². The molecule has 0 spiro atoms. The number of ketones is 1. The van der Waals surface area contributed by atoms with E-state index in [0.717, 1.165) is 0 Å². The summed E-state index contributed by atoms with van der Waals surface area (Å²) in [7, 11) is -5.11. The molecule has 366 valence electrons. The topological polar surface area (TPSA) is 280 Å². The Kier molecular flexibility index (Phi) is 18.9. The third kappa shape index (κ3) is 11.2. The first-order chi connectivity index (χ1) is 31.6. The van der Waals surface area contributed by atoms with E-state index in [1.807, 2.05) is 0 Å². The number of aliphatic hydroxyl groups excluding tert-OH is 1. The number of benzene rings is 3. The molecule has 0 aromatic heterocycles. The third-order valence-corrected chi connectivity index (χ3v) is 14.3. The Hall–Kier alpha value is -2.46. The summed E-state index contributed by atoms with van der Waals surface area (Å²) in [4.78, 5) is 90.2. The van der Waals surface area contributed by atoms with Gasteiger partial charge >= 0.3 is 25.9 Å². The van der Waals surface area contributed by atoms with E-state index in [1.165, 1.54) is 58.9 Å². The van der Waals surface area contributed by atoms with Gasteiger partial charge in [0.25, 0.3) is 5.91 Å². The molecule has 1 aliphatic heterocycles. The summed E-state index contributed by atoms with van der Waals surface area (Å²) >= 11 is 0. The zero-order valence-electron chi connectivity index (χ0n) is 38.5. The quantitative estimate of drug-likeness (QED) is 0.0439. The molecule has 3 aromatic carbocycles. The van der Waals surface area contributed by atoms with Crippen molar-refractivity contribution in [2.24, 2.45) is 16.7 Å². The molecule has 2 radical (unpaired) electrons. The summed E-state index contributed by atoms with van der Waals surface area (Å²) in [6.45, 7) is 5.63. The molecule has 7 rings (SSSR count). The normalized spacial score (nSPS) is 29.8. The molecule has 3 aliphatic carbocycles. The van der Waals surface area contributed by atoms with Crippen molar-refractivity contribution in [2.75, 3.05) is 20.0 Å². The second-order valence-electron chi connectivity index (χ2n) is 17.9. The minimum atomic E-state index is -5.11. The molecule has 4 aliphatic rings. The van der Waals surface area contributed by atoms with Crippen LogP contribution in [0.2, 0.25) is 0 Å². The van der Waals surface area contributed by atoms with Gasteiger partial charge in [0.05, 0.1) is 36.4 Å². The molecule has 69 heavy (non-hydrogen) atoms. The molecular weight excluding hydrogens is 1350 g/mol. The van der Waals surface area contributed by atoms with E-state index in [-0.39, 0.29) is 123 Å². The van der Waals surface area contributed by atoms with Crippen molar-refractivity contribution in [3.63, 3.8) is 0 Å². The molecule has 1 heterocycles. The van der Waals surface area contributed by atoms with E-state index in [0.29, 0.717) is 5.56 Å². The van der Waals surface area contributed by atoms with Crippen LogP contribution < -0.4 is 5.32 Å². The number of rotatable bonds is 14. The molecule has 11 atom stereocenters. The van der Waals surface area contributed by atoms with Gasteiger partial charge in [0.15, 0.2) is 12.6 Å². The largest absolute Gasteiger partial charge is 0.509 e. The number of aliphatic hydroxyl groups is 3. The van der Waals surface area contributed by atoms with Crippen LogP contribution in [0.4, 0.5) is 4.79 Å². The van der Waals surface area contributed by atoms with Gasteiger partial charge in [-0.3, -0.25) is 14.1 Å². The fourth-order valence-electron chi connectivity index (χ4n) is 10.3. The van der Waals surface area contributed by atoms with Crippen molar-refractivity contribution >= 4 is 37.6 Å². The second-order valence-corrected chi connectivity index (χ2v) is 19.1. The Morgan fingerprint density at radius 3 is 2.01 bits per heavy atom. The second kappa shape index (κ2) is 22.8. The zero-order chi connectivity index (χ0) is 48.7. The number of phosphoric acid groups is 1. The molecule has 1 amide bonds. The molecule has 3 aromatic rings. The van der Waals surface area contributed by atoms with Gasteiger partial charge in [0.2, 0.25) is 6.10 Å². The fourth-order valence-corrected chi connectivity index (χ4v) is 10.5. The van der Waals surface area contributed by atoms with Gasteiger partial charge in [-0.2, -0.15) is 0 Å². The van der Waals surface area contributed by atoms with Crippen LogP contribution in [-0.2, 0) is 47.1 Å². The number of amides is 1. The zero-order valence-corrected chi connectivity index (χ0v) is 48.8. The van der Waals surface area contributed by atoms with Crippen LogP contribution in [0.3, 0.4) is 0 Å². The van der Waals surface area contributed by atoms with Gasteiger partial charge < -0.3 is 58.8 Å². The van der Waals surface area contributed by atoms with Crippen molar-refractivity contribution in [1.29, 1.82) is 0 Å². The van der Waals surface area contributed by atoms with Crippen molar-refractivity contribution in [2.45, 2.75) is 101 Å². The first-order valence-corrected chi connectivity index (χ1v) is 23.1. The van der Waals surface area contributed by atoms with E-state index >= 15 is 4.79 Å². The summed E-state index contributed by atoms with van der Waals surface area (Å²) < 4.78 is 51.1. The first kappa shape index (κ1) is 57.4. The Morgan fingerprint density at radius 2 is 1.46 bits per heavy atom. The third-order valence-electron chi connectivity index (χ3n) is 13.8. The summed E-state index contributed by atoms with van der Waals surface area (Å²) in [5.74, 6) is -5.61. The first-order valence-electron chi connectivity index (χ1n) is 21.6. The maximum absolute atomic E-state index is 15.3. The van der Waals surface area contributed by atoms with Crippen LogP contribution in [-0.4, -0.2) is 123 Å². The Balaban J connectivity index is 0.00000444. The number of esters is 2. The monoisotopic (exact) mass is 1410 g/mol. The van der Waals surface area contributed by atoms with Gasteiger partial charge in [-0.05, 0) is 61.7 Å². The van der Waals surface area contributed by atoms with E-state index in [1.54, 1.807) is 66.7 Å². The number of ether oxygens (including phenoxy) is 6. The smallest absolute Gasteiger partial charge is 0.455 e. The van der Waals surface area contributed by atoms with E-state index in [9.17, 15) is 48.8 Å². The predicted octanol–water partition coefficient (Wildman–Crippen LogP) is 3.87. The number of nitrogens with one attached hydrogen (secondary N) is 1. The maximum Gasteiger partial charge on any atom is 0.509 e. The molecule has 3 fully saturated rings. The van der Waals surface area contributed by atoms with Gasteiger partial charge in [-0.1, -0.05) is 80.6 Å². The number of hydrogen-bond donors (Lipinski definition) is 6. The molecule has 2 bridgehead atoms. The van der Waals surface area contributed by atoms with E-state index < -0.39 is 128 Å². The van der Waals surface area contributed by atoms with Crippen LogP contribution in [0.5, 0.6) is 0 Å². The van der Waals surface area contributed by atoms with Crippen molar-refractivity contribution in [3.8, 4) is 0 Å². The number of hydrogen-bond acceptors (Lipinski definition) is 16. The molecule has 9 unspecified atom stereocenters. The molecule has 2 saturated carbocycles. The van der Waals surface area contributed by atoms with Crippen LogP contribution in [0.1, 0.15) is 79.8 Å². The van der Waals surface area contributed by atoms with Crippen LogP contribution >= 0.6 is 7.82 Å². The molecular formula is C47H54Ac2NO18P. The number of phosphoric ester groups is 1. The van der Waals surface area contributed by atoms with Gasteiger partial charge in [0.1, 0.15) is 35.6 Å². The SMILES string of the molecule is CCOC(=O)OC(C(=O)OC1CC2(O)C(OC(=O)c3ccccc3)C3[C@]4(O)COC4CC(OCOP(=O)(O)O)[C@@]3(C)C(=O)C(O)C(=C1C)C2(C)C)C(NC(=O)c1ccccc1)c1ccccc1.[Ac].[Ac]. The maximum atomic E-state index is 15.3. The van der Waals surface area contributed by atoms with Crippen LogP contribution in [0, 0.1) is 105 Å². The fraction of sp³-hybridized carbons (Fsp3) is 0.468. The molecule has 22 heteroatoms. The van der Waals surface area contributed by atoms with E-state index in [4.69, 9.17) is 28.4 Å². The average Bonchev–Trinajstić information content (AvgIpc) is 3.29. The number of fused-ring (bicyclic) bond motifs is 5. The van der Waals surface area contributed by atoms with Gasteiger partial charge in [-0.25, -0.2) is 18.9 Å². The Morgan fingerprint density at radius 1 is 0.884 bits per heavy atom. The minimum absolute atomic E-state index is 0. The standard InChI is InChI=1S/C47H54NO18P.2Ac/c1-6-60-43(54)65-36(34(27-16-10-7-11-17-27)48-40(51)28-18-12-8-13-19-28)42(53)64-30-23-47(56)39(66-41(52)29-20-14-9-15-21-29)37-45(5,38(50)35(49)33(26(30)2)44(47,3)4)31(62-25-63-67(57,58)59)22-32-46(37,55)24-61-32;;/h7-21,30-32,34-37,39,49,55-56H,6,22-25H2,1-5H3,(H,48,51)(H2,57,58,59);;/t30?,31?,32?,34?,35?,36?,37?,39?,45-,46+,47?;;/m1../s1. The Labute approximate surface area is 469 Å². The molecule has 6 N–H and O–H groups in total. The minimum Gasteiger partial charge on any atom is -0.455 e. The van der Waals surface area contributed by atoms with Crippen molar-refractivity contribution < 1.29 is 175 Å². The average molecular weight is 1410 g/mol. The van der Waals surface area contributed by atoms with Gasteiger partial charge in [0, 0.05) is 118 Å². The van der Waals surface area contributed by atoms with Crippen LogP contribution in [0.15, 0.2) is 102 Å². The number of Topliss-reactive ketones (excluding diaryl/α,β-unsaturated/α-hetero) is 1. The summed E-state index contributed by atoms with van der Waals surface area (Å²) in [6, 6.07) is 22.4. The summed E-state index contributed by atoms with van der Waals surface area (Å²) in [5, 5.41) is 41.5. The number of carbonyl (C=O) groups is 5. The molecule has 1 saturated heterocycles. The van der Waals surface area contributed by atoms with Crippen LogP contribution in [0.25, 0.3) is 0 Å². The summed E-state index contributed by atoms with van der Waals surface area (Å²) in [6.07, 6.45) is -12.4.